The maximum Gasteiger partial charge on any atom is 0.328 e. The Bertz CT molecular complexity index is 1030. The first-order valence-corrected chi connectivity index (χ1v) is 8.60. The summed E-state index contributed by atoms with van der Waals surface area (Å²) in [6.45, 7) is -0.332. The highest BCUT2D eigenvalue weighted by atomic mass is 19.1. The van der Waals surface area contributed by atoms with Gasteiger partial charge in [0.25, 0.3) is 17.7 Å². The molecule has 1 heterocycles. The first kappa shape index (κ1) is 20.5. The molecule has 0 saturated carbocycles. The van der Waals surface area contributed by atoms with Gasteiger partial charge >= 0.3 is 6.03 Å². The molecule has 0 aliphatic carbocycles. The van der Waals surface area contributed by atoms with Crippen LogP contribution in [-0.4, -0.2) is 37.5 Å². The lowest BCUT2D eigenvalue weighted by molar-refractivity contribution is -0.124. The van der Waals surface area contributed by atoms with Crippen LogP contribution >= 0.6 is 0 Å². The lowest BCUT2D eigenvalue weighted by Gasteiger charge is -2.14. The van der Waals surface area contributed by atoms with E-state index < -0.39 is 29.6 Å². The van der Waals surface area contributed by atoms with Gasteiger partial charge in [-0.2, -0.15) is 0 Å². The van der Waals surface area contributed by atoms with E-state index in [1.807, 2.05) is 10.6 Å². The minimum Gasteiger partial charge on any atom is -0.493 e. The van der Waals surface area contributed by atoms with Gasteiger partial charge in [-0.05, 0) is 48.0 Å². The lowest BCUT2D eigenvalue weighted by Crippen LogP contribution is -2.51. The fourth-order valence-corrected chi connectivity index (χ4v) is 2.54. The van der Waals surface area contributed by atoms with Crippen molar-refractivity contribution in [3.8, 4) is 11.5 Å². The summed E-state index contributed by atoms with van der Waals surface area (Å²) in [5.74, 6) is -2.01. The Morgan fingerprint density at radius 1 is 1.03 bits per heavy atom. The van der Waals surface area contributed by atoms with E-state index in [1.165, 1.54) is 49.6 Å². The van der Waals surface area contributed by atoms with E-state index >= 15 is 0 Å². The average Bonchev–Trinajstić information content (AvgIpc) is 2.71. The van der Waals surface area contributed by atoms with E-state index in [-0.39, 0.29) is 23.7 Å². The van der Waals surface area contributed by atoms with Crippen molar-refractivity contribution < 1.29 is 33.0 Å². The van der Waals surface area contributed by atoms with Crippen LogP contribution in [0.25, 0.3) is 6.08 Å². The number of methoxy groups -OCH3 is 1. The number of halogens is 1. The van der Waals surface area contributed by atoms with Gasteiger partial charge in [0.2, 0.25) is 0 Å². The fourth-order valence-electron chi connectivity index (χ4n) is 2.54. The highest BCUT2D eigenvalue weighted by Crippen LogP contribution is 2.29. The normalized spacial score (nSPS) is 13.3. The Hall–Kier alpha value is -4.21. The van der Waals surface area contributed by atoms with Crippen LogP contribution in [0.4, 0.5) is 14.9 Å². The third kappa shape index (κ3) is 4.98. The maximum atomic E-state index is 12.9. The molecular weight excluding hydrogens is 397 g/mol. The van der Waals surface area contributed by atoms with E-state index in [2.05, 4.69) is 5.32 Å². The molecule has 2 aromatic rings. The highest BCUT2D eigenvalue weighted by molar-refractivity contribution is 6.31. The number of carbonyl (C=O) groups excluding carboxylic acids is 4. The second-order valence-corrected chi connectivity index (χ2v) is 6.05. The zero-order chi connectivity index (χ0) is 21.7. The van der Waals surface area contributed by atoms with Crippen LogP contribution in [-0.2, 0) is 14.4 Å². The second-order valence-electron chi connectivity index (χ2n) is 6.05. The summed E-state index contributed by atoms with van der Waals surface area (Å²) in [7, 11) is 1.39. The van der Waals surface area contributed by atoms with Crippen LogP contribution < -0.4 is 25.4 Å². The zero-order valence-corrected chi connectivity index (χ0v) is 15.7. The molecule has 3 N–H and O–H groups in total. The molecule has 154 valence electrons. The van der Waals surface area contributed by atoms with Crippen LogP contribution in [0.3, 0.4) is 0 Å². The highest BCUT2D eigenvalue weighted by Gasteiger charge is 2.27. The van der Waals surface area contributed by atoms with E-state index in [9.17, 15) is 23.6 Å². The Morgan fingerprint density at radius 3 is 2.33 bits per heavy atom. The van der Waals surface area contributed by atoms with Crippen molar-refractivity contribution >= 4 is 35.5 Å². The lowest BCUT2D eigenvalue weighted by atomic mass is 10.1. The summed E-state index contributed by atoms with van der Waals surface area (Å²) >= 11 is 0. The number of hydrogen-bond acceptors (Lipinski definition) is 6. The number of imide groups is 2. The molecule has 0 unspecified atom stereocenters. The summed E-state index contributed by atoms with van der Waals surface area (Å²) in [5.41, 5.74) is 0.607. The van der Waals surface area contributed by atoms with Gasteiger partial charge in [0.05, 0.1) is 7.11 Å². The topological polar surface area (TPSA) is 123 Å². The van der Waals surface area contributed by atoms with Gasteiger partial charge in [0, 0.05) is 5.69 Å². The van der Waals surface area contributed by atoms with Crippen molar-refractivity contribution in [3.63, 3.8) is 0 Å². The van der Waals surface area contributed by atoms with E-state index in [4.69, 9.17) is 9.47 Å². The summed E-state index contributed by atoms with van der Waals surface area (Å²) in [4.78, 5) is 46.7. The number of amides is 5. The summed E-state index contributed by atoms with van der Waals surface area (Å²) in [6.07, 6.45) is 1.28. The van der Waals surface area contributed by atoms with Crippen LogP contribution in [0.1, 0.15) is 5.56 Å². The molecular formula is C20H16FN3O6. The van der Waals surface area contributed by atoms with Crippen molar-refractivity contribution in [2.75, 3.05) is 19.0 Å². The molecule has 0 bridgehead atoms. The molecule has 0 radical (unpaired) electrons. The molecule has 2 aromatic carbocycles. The third-order valence-corrected chi connectivity index (χ3v) is 3.93. The van der Waals surface area contributed by atoms with Gasteiger partial charge in [-0.25, -0.2) is 9.18 Å². The number of nitrogens with one attached hydrogen (secondary N) is 3. The first-order chi connectivity index (χ1) is 14.4. The molecule has 0 spiro atoms. The summed E-state index contributed by atoms with van der Waals surface area (Å²) in [6, 6.07) is 8.92. The largest absolute Gasteiger partial charge is 0.493 e. The molecule has 5 amide bonds. The number of ether oxygens (including phenoxy) is 2. The Balaban J connectivity index is 1.68. The van der Waals surface area contributed by atoms with Gasteiger partial charge in [-0.1, -0.05) is 6.07 Å². The van der Waals surface area contributed by atoms with Gasteiger partial charge in [0.1, 0.15) is 11.4 Å². The number of carbonyl (C=O) groups is 4. The van der Waals surface area contributed by atoms with E-state index in [1.54, 1.807) is 6.07 Å². The predicted octanol–water partition coefficient (Wildman–Crippen LogP) is 1.60. The SMILES string of the molecule is COc1cc(C=C2C(=O)NC(=O)NC2=O)ccc1OCC(=O)Nc1ccc(F)cc1. The van der Waals surface area contributed by atoms with Gasteiger partial charge in [-0.3, -0.25) is 25.0 Å². The molecule has 10 heteroatoms. The molecule has 3 rings (SSSR count). The van der Waals surface area contributed by atoms with E-state index in [0.29, 0.717) is 11.3 Å². The quantitative estimate of drug-likeness (QED) is 0.488. The average molecular weight is 413 g/mol. The smallest absolute Gasteiger partial charge is 0.328 e. The van der Waals surface area contributed by atoms with Crippen LogP contribution in [0.15, 0.2) is 48.0 Å². The summed E-state index contributed by atoms with van der Waals surface area (Å²) in [5, 5.41) is 6.51. The maximum absolute atomic E-state index is 12.9. The molecule has 9 nitrogen and oxygen atoms in total. The van der Waals surface area contributed by atoms with Crippen molar-refractivity contribution in [2.24, 2.45) is 0 Å². The Labute approximate surface area is 169 Å². The number of hydrogen-bond donors (Lipinski definition) is 3. The molecule has 1 aliphatic rings. The number of benzene rings is 2. The Kier molecular flexibility index (Phi) is 6.06. The Morgan fingerprint density at radius 2 is 1.70 bits per heavy atom. The number of barbiturate groups is 1. The minimum atomic E-state index is -0.887. The number of anilines is 1. The molecule has 1 fully saturated rings. The van der Waals surface area contributed by atoms with Gasteiger partial charge in [-0.15, -0.1) is 0 Å². The molecule has 30 heavy (non-hydrogen) atoms. The van der Waals surface area contributed by atoms with Gasteiger partial charge < -0.3 is 14.8 Å². The molecule has 0 atom stereocenters. The molecule has 1 aliphatic heterocycles. The van der Waals surface area contributed by atoms with Crippen molar-refractivity contribution in [2.45, 2.75) is 0 Å². The standard InChI is InChI=1S/C20H16FN3O6/c1-29-16-9-11(8-14-18(26)23-20(28)24-19(14)27)2-7-15(16)30-10-17(25)22-13-5-3-12(21)4-6-13/h2-9H,10H2,1H3,(H,22,25)(H2,23,24,26,27,28). The second kappa shape index (κ2) is 8.86. The van der Waals surface area contributed by atoms with E-state index in [0.717, 1.165) is 0 Å². The third-order valence-electron chi connectivity index (χ3n) is 3.93. The molecule has 0 aromatic heterocycles. The predicted molar refractivity (Wildman–Crippen MR) is 103 cm³/mol. The van der Waals surface area contributed by atoms with Crippen LogP contribution in [0.5, 0.6) is 11.5 Å². The van der Waals surface area contributed by atoms with Gasteiger partial charge in [0.15, 0.2) is 18.1 Å². The van der Waals surface area contributed by atoms with Crippen LogP contribution in [0.2, 0.25) is 0 Å². The minimum absolute atomic E-state index is 0.246. The van der Waals surface area contributed by atoms with Crippen molar-refractivity contribution in [1.29, 1.82) is 0 Å². The fraction of sp³-hybridized carbons (Fsp3) is 0.100. The number of urea groups is 1. The zero-order valence-electron chi connectivity index (χ0n) is 15.7. The molecule has 1 saturated heterocycles. The summed E-state index contributed by atoms with van der Waals surface area (Å²) < 4.78 is 23.6. The number of rotatable bonds is 6. The van der Waals surface area contributed by atoms with Crippen LogP contribution in [0, 0.1) is 5.82 Å². The van der Waals surface area contributed by atoms with Crippen molar-refractivity contribution in [3.05, 3.63) is 59.4 Å². The first-order valence-electron chi connectivity index (χ1n) is 8.60. The van der Waals surface area contributed by atoms with Crippen molar-refractivity contribution in [1.82, 2.24) is 10.6 Å². The monoisotopic (exact) mass is 413 g/mol.